The van der Waals surface area contributed by atoms with Crippen LogP contribution < -0.4 is 4.74 Å². The first-order chi connectivity index (χ1) is 7.76. The van der Waals surface area contributed by atoms with E-state index < -0.39 is 0 Å². The van der Waals surface area contributed by atoms with Gasteiger partial charge in [0.15, 0.2) is 0 Å². The number of aromatic nitrogens is 1. The Morgan fingerprint density at radius 2 is 2.31 bits per heavy atom. The summed E-state index contributed by atoms with van der Waals surface area (Å²) in [7, 11) is 1.57. The van der Waals surface area contributed by atoms with Gasteiger partial charge in [-0.05, 0) is 18.2 Å². The van der Waals surface area contributed by atoms with E-state index in [-0.39, 0.29) is 0 Å². The Kier molecular flexibility index (Phi) is 3.09. The standard InChI is InChI=1S/C11H7ClN2OS/c1-15-9-3-2-7(12)4-8(9)11-10(5-13)16-6-14-11/h2-4,6H,1H3. The fraction of sp³-hybridized carbons (Fsp3) is 0.0909. The van der Waals surface area contributed by atoms with Crippen LogP contribution in [0.3, 0.4) is 0 Å². The van der Waals surface area contributed by atoms with Crippen molar-refractivity contribution in [1.82, 2.24) is 4.98 Å². The quantitative estimate of drug-likeness (QED) is 0.821. The lowest BCUT2D eigenvalue weighted by atomic mass is 10.1. The number of halogens is 1. The number of nitriles is 1. The van der Waals surface area contributed by atoms with Gasteiger partial charge in [-0.1, -0.05) is 11.6 Å². The van der Waals surface area contributed by atoms with Crippen molar-refractivity contribution in [2.75, 3.05) is 7.11 Å². The number of hydrogen-bond acceptors (Lipinski definition) is 4. The summed E-state index contributed by atoms with van der Waals surface area (Å²) in [4.78, 5) is 4.72. The second-order valence-corrected chi connectivity index (χ2v) is 4.28. The summed E-state index contributed by atoms with van der Waals surface area (Å²) in [6.07, 6.45) is 0. The second kappa shape index (κ2) is 4.52. The first kappa shape index (κ1) is 10.9. The van der Waals surface area contributed by atoms with E-state index in [1.165, 1.54) is 11.3 Å². The Bertz CT molecular complexity index is 559. The van der Waals surface area contributed by atoms with Crippen LogP contribution in [0.1, 0.15) is 4.88 Å². The minimum atomic E-state index is 0.556. The molecule has 16 heavy (non-hydrogen) atoms. The Morgan fingerprint density at radius 3 is 3.00 bits per heavy atom. The van der Waals surface area contributed by atoms with Crippen LogP contribution in [-0.2, 0) is 0 Å². The average Bonchev–Trinajstić information content (AvgIpc) is 2.76. The molecule has 2 rings (SSSR count). The minimum absolute atomic E-state index is 0.556. The third-order valence-electron chi connectivity index (χ3n) is 2.09. The average molecular weight is 251 g/mol. The molecule has 0 spiro atoms. The van der Waals surface area contributed by atoms with Gasteiger partial charge in [0.25, 0.3) is 0 Å². The first-order valence-corrected chi connectivity index (χ1v) is 5.69. The Labute approximate surface area is 102 Å². The molecule has 0 fully saturated rings. The predicted molar refractivity (Wildman–Crippen MR) is 63.8 cm³/mol. The number of nitrogens with zero attached hydrogens (tertiary/aromatic N) is 2. The van der Waals surface area contributed by atoms with Gasteiger partial charge < -0.3 is 4.74 Å². The van der Waals surface area contributed by atoms with Crippen LogP contribution in [0.15, 0.2) is 23.7 Å². The second-order valence-electron chi connectivity index (χ2n) is 2.99. The summed E-state index contributed by atoms with van der Waals surface area (Å²) in [5.74, 6) is 0.659. The van der Waals surface area contributed by atoms with Crippen LogP contribution in [0.4, 0.5) is 0 Å². The molecule has 0 radical (unpaired) electrons. The van der Waals surface area contributed by atoms with Crippen molar-refractivity contribution in [3.63, 3.8) is 0 Å². The van der Waals surface area contributed by atoms with E-state index in [4.69, 9.17) is 21.6 Å². The van der Waals surface area contributed by atoms with Crippen LogP contribution in [-0.4, -0.2) is 12.1 Å². The number of rotatable bonds is 2. The zero-order chi connectivity index (χ0) is 11.5. The van der Waals surface area contributed by atoms with Crippen molar-refractivity contribution in [1.29, 1.82) is 5.26 Å². The molecule has 5 heteroatoms. The van der Waals surface area contributed by atoms with Crippen LogP contribution in [0.25, 0.3) is 11.3 Å². The maximum Gasteiger partial charge on any atom is 0.132 e. The van der Waals surface area contributed by atoms with Crippen LogP contribution in [0.2, 0.25) is 5.02 Å². The lowest BCUT2D eigenvalue weighted by Gasteiger charge is -2.06. The predicted octanol–water partition coefficient (Wildman–Crippen LogP) is 3.34. The van der Waals surface area contributed by atoms with Gasteiger partial charge in [0.1, 0.15) is 22.4 Å². The largest absolute Gasteiger partial charge is 0.496 e. The highest BCUT2D eigenvalue weighted by atomic mass is 35.5. The lowest BCUT2D eigenvalue weighted by Crippen LogP contribution is -1.89. The highest BCUT2D eigenvalue weighted by Crippen LogP contribution is 2.34. The molecular weight excluding hydrogens is 244 g/mol. The molecule has 0 aliphatic rings. The SMILES string of the molecule is COc1ccc(Cl)cc1-c1ncsc1C#N. The lowest BCUT2D eigenvalue weighted by molar-refractivity contribution is 0.416. The molecule has 1 heterocycles. The van der Waals surface area contributed by atoms with Gasteiger partial charge in [0.05, 0.1) is 12.6 Å². The van der Waals surface area contributed by atoms with Crippen LogP contribution >= 0.6 is 22.9 Å². The van der Waals surface area contributed by atoms with E-state index >= 15 is 0 Å². The van der Waals surface area contributed by atoms with Gasteiger partial charge in [-0.25, -0.2) is 4.98 Å². The summed E-state index contributed by atoms with van der Waals surface area (Å²) in [6, 6.07) is 7.35. The normalized spacial score (nSPS) is 9.81. The molecular formula is C11H7ClN2OS. The molecule has 0 saturated carbocycles. The Balaban J connectivity index is 2.63. The van der Waals surface area contributed by atoms with Crippen molar-refractivity contribution in [2.45, 2.75) is 0 Å². The molecule has 1 aromatic carbocycles. The van der Waals surface area contributed by atoms with E-state index in [2.05, 4.69) is 11.1 Å². The third kappa shape index (κ3) is 1.87. The van der Waals surface area contributed by atoms with Crippen LogP contribution in [0, 0.1) is 11.3 Å². The summed E-state index contributed by atoms with van der Waals surface area (Å²) >= 11 is 7.22. The summed E-state index contributed by atoms with van der Waals surface area (Å²) in [6.45, 7) is 0. The summed E-state index contributed by atoms with van der Waals surface area (Å²) in [5.41, 5.74) is 2.99. The maximum absolute atomic E-state index is 8.95. The number of thiazole rings is 1. The Morgan fingerprint density at radius 1 is 1.50 bits per heavy atom. The van der Waals surface area contributed by atoms with Crippen LogP contribution in [0.5, 0.6) is 5.75 Å². The van der Waals surface area contributed by atoms with E-state index in [0.717, 1.165) is 5.56 Å². The van der Waals surface area contributed by atoms with Crippen molar-refractivity contribution < 1.29 is 4.74 Å². The fourth-order valence-corrected chi connectivity index (χ4v) is 2.15. The highest BCUT2D eigenvalue weighted by molar-refractivity contribution is 7.10. The minimum Gasteiger partial charge on any atom is -0.496 e. The smallest absolute Gasteiger partial charge is 0.132 e. The van der Waals surface area contributed by atoms with Gasteiger partial charge in [0.2, 0.25) is 0 Å². The molecule has 0 amide bonds. The molecule has 0 atom stereocenters. The number of methoxy groups -OCH3 is 1. The van der Waals surface area contributed by atoms with Gasteiger partial charge in [0, 0.05) is 10.6 Å². The van der Waals surface area contributed by atoms with Gasteiger partial charge >= 0.3 is 0 Å². The van der Waals surface area contributed by atoms with Crippen molar-refractivity contribution in [3.8, 4) is 23.1 Å². The molecule has 0 aliphatic carbocycles. The zero-order valence-electron chi connectivity index (χ0n) is 8.40. The van der Waals surface area contributed by atoms with Crippen molar-refractivity contribution in [3.05, 3.63) is 33.6 Å². The fourth-order valence-electron chi connectivity index (χ4n) is 1.38. The number of hydrogen-bond donors (Lipinski definition) is 0. The van der Waals surface area contributed by atoms with Crippen molar-refractivity contribution in [2.24, 2.45) is 0 Å². The zero-order valence-corrected chi connectivity index (χ0v) is 9.97. The summed E-state index contributed by atoms with van der Waals surface area (Å²) in [5, 5.41) is 9.54. The third-order valence-corrected chi connectivity index (χ3v) is 3.05. The molecule has 80 valence electrons. The van der Waals surface area contributed by atoms with Gasteiger partial charge in [-0.15, -0.1) is 11.3 Å². The molecule has 0 unspecified atom stereocenters. The maximum atomic E-state index is 8.95. The molecule has 0 aliphatic heterocycles. The molecule has 0 bridgehead atoms. The van der Waals surface area contributed by atoms with Gasteiger partial charge in [-0.3, -0.25) is 0 Å². The molecule has 1 aromatic heterocycles. The molecule has 2 aromatic rings. The van der Waals surface area contributed by atoms with E-state index in [1.54, 1.807) is 30.8 Å². The highest BCUT2D eigenvalue weighted by Gasteiger charge is 2.13. The molecule has 0 saturated heterocycles. The Hall–Kier alpha value is -1.57. The topological polar surface area (TPSA) is 45.9 Å². The number of ether oxygens (including phenoxy) is 1. The monoisotopic (exact) mass is 250 g/mol. The first-order valence-electron chi connectivity index (χ1n) is 4.43. The molecule has 3 nitrogen and oxygen atoms in total. The summed E-state index contributed by atoms with van der Waals surface area (Å²) < 4.78 is 5.22. The molecule has 0 N–H and O–H groups in total. The van der Waals surface area contributed by atoms with E-state index in [0.29, 0.717) is 21.3 Å². The van der Waals surface area contributed by atoms with Gasteiger partial charge in [-0.2, -0.15) is 5.26 Å². The number of benzene rings is 1. The van der Waals surface area contributed by atoms with E-state index in [1.807, 2.05) is 0 Å². The van der Waals surface area contributed by atoms with E-state index in [9.17, 15) is 0 Å². The van der Waals surface area contributed by atoms with Crippen molar-refractivity contribution >= 4 is 22.9 Å².